The van der Waals surface area contributed by atoms with Gasteiger partial charge < -0.3 is 66.2 Å². The minimum atomic E-state index is -0.943. The lowest BCUT2D eigenvalue weighted by atomic mass is 9.95. The van der Waals surface area contributed by atoms with Crippen molar-refractivity contribution in [3.05, 3.63) is 83.9 Å². The first-order valence-electron chi connectivity index (χ1n) is 27.6. The van der Waals surface area contributed by atoms with Crippen LogP contribution in [0.5, 0.6) is 0 Å². The van der Waals surface area contributed by atoms with Crippen molar-refractivity contribution in [3.63, 3.8) is 0 Å². The number of ether oxygens (including phenoxy) is 5. The summed E-state index contributed by atoms with van der Waals surface area (Å²) in [5.41, 5.74) is 11.7. The lowest BCUT2D eigenvalue weighted by Crippen LogP contribution is -2.54. The molecule has 0 spiro atoms. The molecule has 2 atom stereocenters. The fourth-order valence-electron chi connectivity index (χ4n) is 8.46. The number of aryl methyl sites for hydroxylation is 1. The number of nitrogens with zero attached hydrogens (tertiary/aromatic N) is 3. The number of nitrogens with one attached hydrogen (secondary N) is 7. The molecular formula is C57H82N11O12+. The summed E-state index contributed by atoms with van der Waals surface area (Å²) in [6, 6.07) is 20.3. The molecule has 3 aromatic carbocycles. The summed E-state index contributed by atoms with van der Waals surface area (Å²) in [4.78, 5) is 91.3. The van der Waals surface area contributed by atoms with E-state index in [1.807, 2.05) is 86.1 Å². The van der Waals surface area contributed by atoms with Crippen molar-refractivity contribution < 1.29 is 61.9 Å². The van der Waals surface area contributed by atoms with Crippen LogP contribution in [-0.4, -0.2) is 150 Å². The molecule has 4 aromatic rings. The van der Waals surface area contributed by atoms with Crippen LogP contribution in [0.1, 0.15) is 77.8 Å². The fourth-order valence-corrected chi connectivity index (χ4v) is 8.46. The molecule has 0 saturated heterocycles. The number of benzene rings is 3. The molecule has 2 heterocycles. The second-order valence-corrected chi connectivity index (χ2v) is 19.6. The molecule has 9 N–H and O–H groups in total. The maximum absolute atomic E-state index is 14.0. The van der Waals surface area contributed by atoms with Gasteiger partial charge in [0.2, 0.25) is 41.1 Å². The third kappa shape index (κ3) is 21.4. The van der Waals surface area contributed by atoms with Crippen LogP contribution in [0.15, 0.2) is 72.8 Å². The second kappa shape index (κ2) is 34.6. The summed E-state index contributed by atoms with van der Waals surface area (Å²) in [6.07, 6.45) is 1.42. The van der Waals surface area contributed by atoms with E-state index < -0.39 is 35.8 Å². The Bertz CT molecular complexity index is 2610. The van der Waals surface area contributed by atoms with Gasteiger partial charge in [-0.3, -0.25) is 28.8 Å². The Morgan fingerprint density at radius 2 is 1.27 bits per heavy atom. The first-order chi connectivity index (χ1) is 38.7. The normalized spacial score (nSPS) is 12.5. The van der Waals surface area contributed by atoms with Gasteiger partial charge in [-0.05, 0) is 66.6 Å². The van der Waals surface area contributed by atoms with Gasteiger partial charge in [0.1, 0.15) is 18.6 Å². The molecule has 1 aliphatic heterocycles. The highest BCUT2D eigenvalue weighted by atomic mass is 16.6. The number of carbonyl (C=O) groups is 7. The molecule has 1 aromatic heterocycles. The average molecular weight is 1110 g/mol. The highest BCUT2D eigenvalue weighted by Crippen LogP contribution is 2.39. The Morgan fingerprint density at radius 3 is 1.94 bits per heavy atom. The third-order valence-corrected chi connectivity index (χ3v) is 12.9. The van der Waals surface area contributed by atoms with E-state index in [0.717, 1.165) is 40.1 Å². The number of amides is 8. The molecule has 8 amide bonds. The molecule has 0 unspecified atom stereocenters. The number of H-pyrrole nitrogens is 1. The predicted octanol–water partition coefficient (Wildman–Crippen LogP) is 3.29. The number of primary amides is 1. The standard InChI is InChI=1S/C57H81N11O12/c1-6-41-17-19-43(20-18-41)62-55(73)46(15-11-24-61-57(58)75)63-56(74)51(39(2)3)64-49(70)23-28-76-32-34-79-36-37-80-35-33-78-29-25-59-48(69)21-22-50(71)67-38-42-12-7-8-13-44(42)52-53(45-14-9-10-16-47(45)67)68(66-65-52)27-31-77-30-26-60-54(72)40(4)5/h7-10,12-14,16-20,39-40,46,51H,6,11,15,21-38H2,1-5H3,(H8,58,59,60,61,62,63,64,69,70,72,73,74,75)/p+1/t46-,51-/m0/s1. The smallest absolute Gasteiger partial charge is 0.312 e. The summed E-state index contributed by atoms with van der Waals surface area (Å²) in [5.74, 6) is -2.23. The molecular weight excluding hydrogens is 1030 g/mol. The summed E-state index contributed by atoms with van der Waals surface area (Å²) < 4.78 is 30.1. The van der Waals surface area contributed by atoms with Gasteiger partial charge >= 0.3 is 6.03 Å². The first-order valence-corrected chi connectivity index (χ1v) is 27.6. The van der Waals surface area contributed by atoms with Gasteiger partial charge in [0.05, 0.1) is 83.9 Å². The Kier molecular flexibility index (Phi) is 27.5. The second-order valence-electron chi connectivity index (χ2n) is 19.6. The number of hydrogen-bond acceptors (Lipinski definition) is 13. The van der Waals surface area contributed by atoms with Gasteiger partial charge in [-0.2, -0.15) is 4.68 Å². The third-order valence-electron chi connectivity index (χ3n) is 12.9. The van der Waals surface area contributed by atoms with Gasteiger partial charge in [0.15, 0.2) is 0 Å². The zero-order valence-electron chi connectivity index (χ0n) is 46.9. The molecule has 80 heavy (non-hydrogen) atoms. The Balaban J connectivity index is 0.924. The molecule has 0 bridgehead atoms. The van der Waals surface area contributed by atoms with Crippen molar-refractivity contribution in [1.82, 2.24) is 36.9 Å². The molecule has 0 aliphatic carbocycles. The zero-order valence-corrected chi connectivity index (χ0v) is 46.9. The number of aromatic amines is 1. The molecule has 0 fully saturated rings. The van der Waals surface area contributed by atoms with Crippen LogP contribution in [0.25, 0.3) is 22.5 Å². The Hall–Kier alpha value is -7.31. The van der Waals surface area contributed by atoms with Gasteiger partial charge in [-0.1, -0.05) is 82.3 Å². The van der Waals surface area contributed by atoms with Crippen molar-refractivity contribution in [3.8, 4) is 22.5 Å². The average Bonchev–Trinajstić information content (AvgIpc) is 3.89. The van der Waals surface area contributed by atoms with Crippen LogP contribution in [0.4, 0.5) is 16.2 Å². The molecule has 0 radical (unpaired) electrons. The fraction of sp³-hybridized carbons (Fsp3) is 0.526. The SMILES string of the molecule is CCc1ccc(NC(=O)[C@H](CCCNC(N)=O)NC(=O)[C@@H](NC(=O)CCOCCOCCOCCOCCNC(=O)CCC(=O)N2Cc3ccccc3-c3n[nH][n+](CCOCCNC(=O)C(C)C)c3-c3ccccc32)C(C)C)cc1. The number of carbonyl (C=O) groups excluding carboxylic acids is 7. The highest BCUT2D eigenvalue weighted by molar-refractivity contribution is 6.01. The van der Waals surface area contributed by atoms with E-state index >= 15 is 0 Å². The van der Waals surface area contributed by atoms with Crippen LogP contribution >= 0.6 is 0 Å². The van der Waals surface area contributed by atoms with E-state index in [-0.39, 0.29) is 94.8 Å². The van der Waals surface area contributed by atoms with Crippen LogP contribution in [0, 0.1) is 11.8 Å². The molecule has 1 aliphatic rings. The van der Waals surface area contributed by atoms with Crippen molar-refractivity contribution in [1.29, 1.82) is 0 Å². The Labute approximate surface area is 468 Å². The first kappa shape index (κ1) is 63.5. The maximum atomic E-state index is 14.0. The highest BCUT2D eigenvalue weighted by Gasteiger charge is 2.34. The number of fused-ring (bicyclic) bond motifs is 5. The topological polar surface area (TPSA) is 300 Å². The summed E-state index contributed by atoms with van der Waals surface area (Å²) in [5, 5.41) is 24.4. The van der Waals surface area contributed by atoms with E-state index in [0.29, 0.717) is 77.1 Å². The molecule has 5 rings (SSSR count). The monoisotopic (exact) mass is 1110 g/mol. The number of anilines is 2. The maximum Gasteiger partial charge on any atom is 0.312 e. The van der Waals surface area contributed by atoms with Crippen LogP contribution in [0.2, 0.25) is 0 Å². The Morgan fingerprint density at radius 1 is 0.650 bits per heavy atom. The van der Waals surface area contributed by atoms with E-state index in [1.54, 1.807) is 30.9 Å². The summed E-state index contributed by atoms with van der Waals surface area (Å²) in [7, 11) is 0. The summed E-state index contributed by atoms with van der Waals surface area (Å²) in [6.45, 7) is 13.8. The number of aromatic nitrogens is 3. The van der Waals surface area contributed by atoms with Crippen LogP contribution in [0.3, 0.4) is 0 Å². The van der Waals surface area contributed by atoms with E-state index in [9.17, 15) is 33.6 Å². The molecule has 23 nitrogen and oxygen atoms in total. The minimum Gasteiger partial charge on any atom is -0.379 e. The summed E-state index contributed by atoms with van der Waals surface area (Å²) >= 11 is 0. The molecule has 436 valence electrons. The van der Waals surface area contributed by atoms with Crippen molar-refractivity contribution >= 4 is 52.8 Å². The van der Waals surface area contributed by atoms with Gasteiger partial charge in [-0.25, -0.2) is 4.79 Å². The molecule has 0 saturated carbocycles. The van der Waals surface area contributed by atoms with E-state index in [1.165, 1.54) is 0 Å². The lowest BCUT2D eigenvalue weighted by molar-refractivity contribution is -0.744. The van der Waals surface area contributed by atoms with Gasteiger partial charge in [-0.15, -0.1) is 0 Å². The van der Waals surface area contributed by atoms with E-state index in [4.69, 9.17) is 34.5 Å². The lowest BCUT2D eigenvalue weighted by Gasteiger charge is -2.27. The quantitative estimate of drug-likeness (QED) is 0.0240. The zero-order chi connectivity index (χ0) is 57.7. The number of rotatable bonds is 36. The number of hydrogen-bond donors (Lipinski definition) is 8. The van der Waals surface area contributed by atoms with Crippen molar-refractivity contribution in [2.75, 3.05) is 95.9 Å². The largest absolute Gasteiger partial charge is 0.379 e. The van der Waals surface area contributed by atoms with Gasteiger partial charge in [0, 0.05) is 61.2 Å². The minimum absolute atomic E-state index is 0.00167. The molecule has 23 heteroatoms. The van der Waals surface area contributed by atoms with Crippen molar-refractivity contribution in [2.24, 2.45) is 17.6 Å². The van der Waals surface area contributed by atoms with E-state index in [2.05, 4.69) is 37.1 Å². The van der Waals surface area contributed by atoms with Crippen LogP contribution < -0.4 is 47.2 Å². The van der Waals surface area contributed by atoms with Crippen LogP contribution in [-0.2, 0) is 72.0 Å². The number of nitrogens with two attached hydrogens (primary N) is 1. The van der Waals surface area contributed by atoms with Gasteiger partial charge in [0.25, 0.3) is 5.69 Å². The van der Waals surface area contributed by atoms with Crippen molar-refractivity contribution in [2.45, 2.75) is 98.3 Å². The number of para-hydroxylation sites is 1. The number of urea groups is 1. The predicted molar refractivity (Wildman–Crippen MR) is 300 cm³/mol.